The first-order valence-corrected chi connectivity index (χ1v) is 5.92. The Labute approximate surface area is 92.6 Å². The minimum atomic E-state index is 0.00590. The molecule has 3 rings (SSSR count). The summed E-state index contributed by atoms with van der Waals surface area (Å²) in [5, 5.41) is 0. The van der Waals surface area contributed by atoms with Gasteiger partial charge in [0.25, 0.3) is 0 Å². The van der Waals surface area contributed by atoms with Gasteiger partial charge in [-0.2, -0.15) is 0 Å². The van der Waals surface area contributed by atoms with Gasteiger partial charge in [-0.15, -0.1) is 0 Å². The predicted molar refractivity (Wildman–Crippen MR) is 59.2 cm³/mol. The monoisotopic (exact) mass is 252 g/mol. The first kappa shape index (κ1) is 8.93. The van der Waals surface area contributed by atoms with Crippen LogP contribution in [0.25, 0.3) is 0 Å². The Morgan fingerprint density at radius 2 is 1.86 bits per heavy atom. The van der Waals surface area contributed by atoms with E-state index in [1.165, 1.54) is 24.8 Å². The first-order valence-electron chi connectivity index (χ1n) is 5.13. The molecule has 1 atom stereocenters. The van der Waals surface area contributed by atoms with E-state index in [9.17, 15) is 0 Å². The van der Waals surface area contributed by atoms with E-state index >= 15 is 0 Å². The lowest BCUT2D eigenvalue weighted by atomic mass is 9.74. The molecule has 74 valence electrons. The zero-order chi connectivity index (χ0) is 9.81. The topological polar surface area (TPSA) is 12.5 Å². The molecule has 1 nitrogen and oxygen atoms in total. The summed E-state index contributed by atoms with van der Waals surface area (Å²) in [6.45, 7) is 2.22. The van der Waals surface area contributed by atoms with Gasteiger partial charge in [-0.05, 0) is 43.9 Å². The minimum absolute atomic E-state index is 0.00590. The van der Waals surface area contributed by atoms with Crippen LogP contribution in [0.2, 0.25) is 0 Å². The fourth-order valence-electron chi connectivity index (χ4n) is 2.53. The molecule has 0 bridgehead atoms. The molecule has 1 heterocycles. The minimum Gasteiger partial charge on any atom is -0.358 e. The van der Waals surface area contributed by atoms with Gasteiger partial charge < -0.3 is 4.74 Å². The number of benzene rings is 1. The lowest BCUT2D eigenvalue weighted by Crippen LogP contribution is -2.29. The summed E-state index contributed by atoms with van der Waals surface area (Å²) in [5.74, 6) is 0. The maximum absolute atomic E-state index is 5.94. The molecule has 0 aromatic heterocycles. The summed E-state index contributed by atoms with van der Waals surface area (Å²) in [6.07, 6.45) is 3.80. The molecule has 1 spiro atoms. The summed E-state index contributed by atoms with van der Waals surface area (Å²) in [5.41, 5.74) is 1.53. The van der Waals surface area contributed by atoms with E-state index in [0.29, 0.717) is 0 Å². The second-order valence-corrected chi connectivity index (χ2v) is 5.41. The molecule has 1 aromatic rings. The summed E-state index contributed by atoms with van der Waals surface area (Å²) < 4.78 is 7.07. The van der Waals surface area contributed by atoms with Crippen LogP contribution >= 0.6 is 15.9 Å². The van der Waals surface area contributed by atoms with Crippen LogP contribution in [-0.4, -0.2) is 5.60 Å². The molecule has 0 amide bonds. The lowest BCUT2D eigenvalue weighted by molar-refractivity contribution is 0.194. The molecule has 0 N–H and O–H groups in total. The van der Waals surface area contributed by atoms with E-state index in [1.54, 1.807) is 0 Å². The quantitative estimate of drug-likeness (QED) is 0.696. The van der Waals surface area contributed by atoms with Crippen molar-refractivity contribution in [3.8, 4) is 0 Å². The van der Waals surface area contributed by atoms with Gasteiger partial charge in [0.1, 0.15) is 11.2 Å². The maximum atomic E-state index is 5.94. The van der Waals surface area contributed by atoms with Gasteiger partial charge in [-0.3, -0.25) is 0 Å². The molecular weight excluding hydrogens is 240 g/mol. The number of ether oxygens (including phenoxy) is 1. The highest BCUT2D eigenvalue weighted by atomic mass is 79.9. The molecule has 0 unspecified atom stereocenters. The number of rotatable bonds is 1. The Hall–Kier alpha value is -0.340. The number of halogens is 1. The van der Waals surface area contributed by atoms with Gasteiger partial charge in [0.2, 0.25) is 0 Å². The van der Waals surface area contributed by atoms with Crippen molar-refractivity contribution in [3.63, 3.8) is 0 Å². The molecule has 1 saturated carbocycles. The van der Waals surface area contributed by atoms with Crippen molar-refractivity contribution in [2.75, 3.05) is 0 Å². The summed E-state index contributed by atoms with van der Waals surface area (Å²) >= 11 is 3.45. The molecule has 0 radical (unpaired) electrons. The van der Waals surface area contributed by atoms with Crippen molar-refractivity contribution in [2.45, 2.75) is 37.4 Å². The Morgan fingerprint density at radius 3 is 2.29 bits per heavy atom. The average molecular weight is 253 g/mol. The van der Waals surface area contributed by atoms with Crippen LogP contribution < -0.4 is 0 Å². The molecule has 2 heteroatoms. The van der Waals surface area contributed by atoms with Gasteiger partial charge in [0, 0.05) is 4.47 Å². The highest BCUT2D eigenvalue weighted by molar-refractivity contribution is 9.10. The van der Waals surface area contributed by atoms with Crippen molar-refractivity contribution >= 4 is 15.9 Å². The van der Waals surface area contributed by atoms with E-state index in [-0.39, 0.29) is 11.2 Å². The van der Waals surface area contributed by atoms with Crippen LogP contribution in [0.15, 0.2) is 28.7 Å². The van der Waals surface area contributed by atoms with Crippen molar-refractivity contribution in [1.29, 1.82) is 0 Å². The zero-order valence-corrected chi connectivity index (χ0v) is 9.80. The normalized spacial score (nSPS) is 32.7. The molecule has 1 aliphatic heterocycles. The van der Waals surface area contributed by atoms with Gasteiger partial charge in [-0.1, -0.05) is 28.1 Å². The second kappa shape index (κ2) is 2.61. The summed E-state index contributed by atoms with van der Waals surface area (Å²) in [7, 11) is 0. The summed E-state index contributed by atoms with van der Waals surface area (Å²) in [4.78, 5) is 0. The van der Waals surface area contributed by atoms with E-state index in [0.717, 1.165) is 4.47 Å². The highest BCUT2D eigenvalue weighted by Crippen LogP contribution is 2.65. The van der Waals surface area contributed by atoms with Gasteiger partial charge in [-0.25, -0.2) is 0 Å². The first-order chi connectivity index (χ1) is 6.66. The standard InChI is InChI=1S/C12H13BrO/c1-11(12(14-11)7-2-8-12)9-3-5-10(13)6-4-9/h3-6H,2,7-8H2,1H3/t11-/m1/s1. The fraction of sp³-hybridized carbons (Fsp3) is 0.500. The van der Waals surface area contributed by atoms with Gasteiger partial charge in [0.05, 0.1) is 0 Å². The van der Waals surface area contributed by atoms with Crippen LogP contribution in [0, 0.1) is 0 Å². The third-order valence-corrected chi connectivity index (χ3v) is 4.31. The molecule has 1 saturated heterocycles. The molecule has 1 aliphatic carbocycles. The molecular formula is C12H13BrO. The number of epoxide rings is 1. The van der Waals surface area contributed by atoms with Crippen LogP contribution in [-0.2, 0) is 10.3 Å². The Morgan fingerprint density at radius 1 is 1.21 bits per heavy atom. The van der Waals surface area contributed by atoms with E-state index < -0.39 is 0 Å². The van der Waals surface area contributed by atoms with Crippen LogP contribution in [0.5, 0.6) is 0 Å². The highest BCUT2D eigenvalue weighted by Gasteiger charge is 2.69. The third-order valence-electron chi connectivity index (χ3n) is 3.78. The van der Waals surface area contributed by atoms with Crippen molar-refractivity contribution in [3.05, 3.63) is 34.3 Å². The second-order valence-electron chi connectivity index (χ2n) is 4.49. The largest absolute Gasteiger partial charge is 0.358 e. The maximum Gasteiger partial charge on any atom is 0.120 e. The van der Waals surface area contributed by atoms with Gasteiger partial charge in [0.15, 0.2) is 0 Å². The van der Waals surface area contributed by atoms with Crippen LogP contribution in [0.3, 0.4) is 0 Å². The summed E-state index contributed by atoms with van der Waals surface area (Å²) in [6, 6.07) is 8.51. The smallest absolute Gasteiger partial charge is 0.120 e. The lowest BCUT2D eigenvalue weighted by Gasteiger charge is -2.25. The SMILES string of the molecule is C[C@]1(c2ccc(Br)cc2)OC12CCC2. The van der Waals surface area contributed by atoms with Gasteiger partial charge >= 0.3 is 0 Å². The zero-order valence-electron chi connectivity index (χ0n) is 8.22. The third kappa shape index (κ3) is 0.986. The van der Waals surface area contributed by atoms with Crippen molar-refractivity contribution in [1.82, 2.24) is 0 Å². The molecule has 2 fully saturated rings. The molecule has 2 aliphatic rings. The van der Waals surface area contributed by atoms with Crippen LogP contribution in [0.1, 0.15) is 31.7 Å². The number of hydrogen-bond donors (Lipinski definition) is 0. The van der Waals surface area contributed by atoms with Crippen LogP contribution in [0.4, 0.5) is 0 Å². The van der Waals surface area contributed by atoms with E-state index in [1.807, 2.05) is 0 Å². The Balaban J connectivity index is 1.93. The average Bonchev–Trinajstić information content (AvgIpc) is 2.75. The Kier molecular flexibility index (Phi) is 1.67. The van der Waals surface area contributed by atoms with E-state index in [4.69, 9.17) is 4.74 Å². The molecule has 14 heavy (non-hydrogen) atoms. The van der Waals surface area contributed by atoms with E-state index in [2.05, 4.69) is 47.1 Å². The predicted octanol–water partition coefficient (Wildman–Crippen LogP) is 3.62. The molecule has 1 aromatic carbocycles. The number of hydrogen-bond acceptors (Lipinski definition) is 1. The fourth-order valence-corrected chi connectivity index (χ4v) is 2.80. The Bertz CT molecular complexity index is 366. The van der Waals surface area contributed by atoms with Crippen molar-refractivity contribution < 1.29 is 4.74 Å². The van der Waals surface area contributed by atoms with Crippen molar-refractivity contribution in [2.24, 2.45) is 0 Å².